The molecule has 1 aromatic carbocycles. The average Bonchev–Trinajstić information content (AvgIpc) is 3.53. The van der Waals surface area contributed by atoms with Crippen LogP contribution in [0.15, 0.2) is 35.3 Å². The number of aliphatic carboxylic acids is 1. The summed E-state index contributed by atoms with van der Waals surface area (Å²) in [4.78, 5) is 39.9. The Morgan fingerprint density at radius 2 is 2.03 bits per heavy atom. The van der Waals surface area contributed by atoms with Crippen LogP contribution in [0.4, 0.5) is 4.79 Å². The number of aromatic nitrogens is 2. The molecule has 0 radical (unpaired) electrons. The summed E-state index contributed by atoms with van der Waals surface area (Å²) in [5, 5.41) is 29.2. The van der Waals surface area contributed by atoms with E-state index in [1.807, 2.05) is 12.3 Å². The number of carboxylic acid groups (broad SMARTS) is 1. The van der Waals surface area contributed by atoms with Crippen molar-refractivity contribution < 1.29 is 24.2 Å². The number of aliphatic imine (C=N–C) groups is 1. The minimum absolute atomic E-state index is 0.000400. The largest absolute Gasteiger partial charge is 0.480 e. The number of nitrogens with zero attached hydrogens (tertiary/aromatic N) is 3. The fraction of sp³-hybridized carbons (Fsp3) is 0.429. The fourth-order valence-corrected chi connectivity index (χ4v) is 3.76. The van der Waals surface area contributed by atoms with Gasteiger partial charge in [0.1, 0.15) is 17.7 Å². The highest BCUT2D eigenvalue weighted by Gasteiger charge is 2.23. The molecule has 12 nitrogen and oxygen atoms in total. The molecule has 0 aliphatic carbocycles. The maximum Gasteiger partial charge on any atom is 0.408 e. The Bertz CT molecular complexity index is 985. The van der Waals surface area contributed by atoms with Crippen molar-refractivity contribution in [2.75, 3.05) is 19.6 Å². The van der Waals surface area contributed by atoms with Gasteiger partial charge in [0, 0.05) is 25.7 Å². The molecular formula is C21H27N7O5S. The third-order valence-electron chi connectivity index (χ3n) is 4.74. The molecule has 1 unspecified atom stereocenters. The molecule has 2 heterocycles. The van der Waals surface area contributed by atoms with E-state index in [1.165, 1.54) is 0 Å². The Balaban J connectivity index is 1.36. The van der Waals surface area contributed by atoms with E-state index in [1.54, 1.807) is 24.3 Å². The Kier molecular flexibility index (Phi) is 9.88. The van der Waals surface area contributed by atoms with Crippen LogP contribution in [0.3, 0.4) is 0 Å². The lowest BCUT2D eigenvalue weighted by atomic mass is 10.2. The molecule has 0 bridgehead atoms. The Morgan fingerprint density at radius 1 is 1.21 bits per heavy atom. The molecule has 13 heteroatoms. The van der Waals surface area contributed by atoms with E-state index in [0.717, 1.165) is 47.8 Å². The molecule has 0 saturated carbocycles. The van der Waals surface area contributed by atoms with E-state index in [0.29, 0.717) is 6.42 Å². The predicted octanol–water partition coefficient (Wildman–Crippen LogP) is 0.517. The number of benzene rings is 1. The molecule has 0 saturated heterocycles. The van der Waals surface area contributed by atoms with Crippen LogP contribution >= 0.6 is 11.3 Å². The standard InChI is InChI=1S/C21H27N7O5S/c29-17(18-28-27-16(34-18)8-4-5-9-22-20-23-10-11-24-20)25-12-15(19(30)31)26-21(32)33-13-14-6-2-1-3-7-14/h1-3,6-7,10,15,20,22,24H,4-5,8-9,11-13H2,(H,25,29)(H,26,32)(H,30,31)/t15-,20?/m0/s1. The van der Waals surface area contributed by atoms with E-state index in [4.69, 9.17) is 4.74 Å². The summed E-state index contributed by atoms with van der Waals surface area (Å²) in [6, 6.07) is 7.62. The Hall–Kier alpha value is -3.42. The van der Waals surface area contributed by atoms with Crippen molar-refractivity contribution in [1.82, 2.24) is 31.5 Å². The van der Waals surface area contributed by atoms with Gasteiger partial charge in [-0.2, -0.15) is 0 Å². The van der Waals surface area contributed by atoms with Crippen LogP contribution in [-0.4, -0.2) is 71.5 Å². The quantitative estimate of drug-likeness (QED) is 0.252. The van der Waals surface area contributed by atoms with Crippen LogP contribution in [-0.2, 0) is 22.6 Å². The predicted molar refractivity (Wildman–Crippen MR) is 125 cm³/mol. The molecule has 3 rings (SSSR count). The highest BCUT2D eigenvalue weighted by atomic mass is 32.1. The minimum atomic E-state index is -1.36. The van der Waals surface area contributed by atoms with E-state index in [-0.39, 0.29) is 24.4 Å². The number of carboxylic acids is 1. The summed E-state index contributed by atoms with van der Waals surface area (Å²) >= 11 is 1.15. The number of aryl methyl sites for hydroxylation is 1. The molecule has 0 spiro atoms. The smallest absolute Gasteiger partial charge is 0.408 e. The van der Waals surface area contributed by atoms with Crippen molar-refractivity contribution in [2.24, 2.45) is 4.99 Å². The summed E-state index contributed by atoms with van der Waals surface area (Å²) in [6.45, 7) is 1.25. The van der Waals surface area contributed by atoms with E-state index in [9.17, 15) is 19.5 Å². The normalized spacial score (nSPS) is 15.6. The molecule has 182 valence electrons. The maximum atomic E-state index is 12.3. The van der Waals surface area contributed by atoms with Gasteiger partial charge in [0.25, 0.3) is 5.91 Å². The number of ether oxygens (including phenoxy) is 1. The van der Waals surface area contributed by atoms with Crippen molar-refractivity contribution in [2.45, 2.75) is 38.2 Å². The van der Waals surface area contributed by atoms with Crippen molar-refractivity contribution in [1.29, 1.82) is 0 Å². The van der Waals surface area contributed by atoms with Crippen molar-refractivity contribution in [3.63, 3.8) is 0 Å². The van der Waals surface area contributed by atoms with E-state index < -0.39 is 24.0 Å². The summed E-state index contributed by atoms with van der Waals surface area (Å²) in [6.07, 6.45) is 3.38. The second-order valence-electron chi connectivity index (χ2n) is 7.36. The van der Waals surface area contributed by atoms with Gasteiger partial charge in [-0.15, -0.1) is 10.2 Å². The van der Waals surface area contributed by atoms with Crippen LogP contribution in [0.25, 0.3) is 0 Å². The van der Waals surface area contributed by atoms with Gasteiger partial charge in [-0.05, 0) is 24.9 Å². The number of hydrogen-bond acceptors (Lipinski definition) is 10. The summed E-state index contributed by atoms with van der Waals surface area (Å²) in [7, 11) is 0. The molecule has 0 fully saturated rings. The Labute approximate surface area is 200 Å². The fourth-order valence-electron chi connectivity index (χ4n) is 2.96. The van der Waals surface area contributed by atoms with Gasteiger partial charge in [0.05, 0.1) is 0 Å². The molecule has 2 amide bonds. The zero-order chi connectivity index (χ0) is 24.2. The number of alkyl carbamates (subject to hydrolysis) is 1. The molecule has 1 aliphatic rings. The van der Waals surface area contributed by atoms with Crippen LogP contribution in [0.2, 0.25) is 0 Å². The van der Waals surface area contributed by atoms with Gasteiger partial charge in [0.15, 0.2) is 6.29 Å². The lowest BCUT2D eigenvalue weighted by molar-refractivity contribution is -0.139. The molecule has 1 aromatic heterocycles. The third-order valence-corrected chi connectivity index (χ3v) is 5.72. The number of carbonyl (C=O) groups excluding carboxylic acids is 2. The van der Waals surface area contributed by atoms with Gasteiger partial charge >= 0.3 is 12.1 Å². The highest BCUT2D eigenvalue weighted by Crippen LogP contribution is 2.12. The second-order valence-corrected chi connectivity index (χ2v) is 8.42. The number of unbranched alkanes of at least 4 members (excludes halogenated alkanes) is 1. The van der Waals surface area contributed by atoms with Crippen LogP contribution in [0.1, 0.15) is 33.2 Å². The molecule has 34 heavy (non-hydrogen) atoms. The van der Waals surface area contributed by atoms with Gasteiger partial charge in [-0.25, -0.2) is 9.59 Å². The monoisotopic (exact) mass is 489 g/mol. The van der Waals surface area contributed by atoms with Crippen molar-refractivity contribution in [3.05, 3.63) is 45.9 Å². The van der Waals surface area contributed by atoms with Gasteiger partial charge in [-0.1, -0.05) is 41.7 Å². The molecule has 5 N–H and O–H groups in total. The van der Waals surface area contributed by atoms with Crippen molar-refractivity contribution in [3.8, 4) is 0 Å². The number of rotatable bonds is 13. The number of hydrogen-bond donors (Lipinski definition) is 5. The second kappa shape index (κ2) is 13.3. The van der Waals surface area contributed by atoms with Crippen LogP contribution in [0.5, 0.6) is 0 Å². The topological polar surface area (TPSA) is 167 Å². The molecular weight excluding hydrogens is 462 g/mol. The summed E-state index contributed by atoms with van der Waals surface area (Å²) in [5.74, 6) is -1.86. The zero-order valence-corrected chi connectivity index (χ0v) is 19.2. The van der Waals surface area contributed by atoms with Gasteiger partial charge in [0.2, 0.25) is 5.01 Å². The van der Waals surface area contributed by atoms with Crippen LogP contribution < -0.4 is 21.3 Å². The average molecular weight is 490 g/mol. The maximum absolute atomic E-state index is 12.3. The lowest BCUT2D eigenvalue weighted by Gasteiger charge is -2.15. The van der Waals surface area contributed by atoms with Gasteiger partial charge < -0.3 is 20.5 Å². The Morgan fingerprint density at radius 3 is 2.76 bits per heavy atom. The highest BCUT2D eigenvalue weighted by molar-refractivity contribution is 7.13. The number of amides is 2. The van der Waals surface area contributed by atoms with Crippen molar-refractivity contribution >= 4 is 35.5 Å². The van der Waals surface area contributed by atoms with Crippen LogP contribution in [0, 0.1) is 0 Å². The van der Waals surface area contributed by atoms with E-state index >= 15 is 0 Å². The molecule has 2 atom stereocenters. The minimum Gasteiger partial charge on any atom is -0.480 e. The number of nitrogens with one attached hydrogen (secondary N) is 4. The number of carbonyl (C=O) groups is 3. The van der Waals surface area contributed by atoms with E-state index in [2.05, 4.69) is 36.5 Å². The molecule has 2 aromatic rings. The first-order valence-electron chi connectivity index (χ1n) is 10.8. The summed E-state index contributed by atoms with van der Waals surface area (Å²) in [5.41, 5.74) is 0.765. The van der Waals surface area contributed by atoms with Gasteiger partial charge in [-0.3, -0.25) is 20.4 Å². The summed E-state index contributed by atoms with van der Waals surface area (Å²) < 4.78 is 5.03. The zero-order valence-electron chi connectivity index (χ0n) is 18.4. The first-order chi connectivity index (χ1) is 16.5. The third kappa shape index (κ3) is 8.50. The molecule has 1 aliphatic heterocycles. The first-order valence-corrected chi connectivity index (χ1v) is 11.6. The lowest BCUT2D eigenvalue weighted by Crippen LogP contribution is -2.48. The first kappa shape index (κ1) is 25.2. The SMILES string of the molecule is O=C(N[C@@H](CNC(=O)c1nnc(CCCCNC2N=CCN2)s1)C(=O)O)OCc1ccccc1.